The molecular weight excluding hydrogens is 413 g/mol. The first kappa shape index (κ1) is 21.7. The van der Waals surface area contributed by atoms with E-state index in [1.165, 1.54) is 6.07 Å². The zero-order valence-electron chi connectivity index (χ0n) is 17.8. The molecule has 2 aromatic carbocycles. The number of hydrogen-bond donors (Lipinski definition) is 0. The zero-order valence-corrected chi connectivity index (χ0v) is 18.6. The fraction of sp³-hybridized carbons (Fsp3) is 0.360. The SMILES string of the molecule is CN(C)C(c1cccc(F)c1)C1CCC(/C=C/c2nc(-c3ccc(Cl)cc3)no2)CC1. The van der Waals surface area contributed by atoms with Crippen LogP contribution in [0.3, 0.4) is 0 Å². The predicted molar refractivity (Wildman–Crippen MR) is 122 cm³/mol. The first-order valence-corrected chi connectivity index (χ1v) is 11.1. The molecule has 0 N–H and O–H groups in total. The van der Waals surface area contributed by atoms with Gasteiger partial charge in [0, 0.05) is 16.6 Å². The molecule has 1 saturated carbocycles. The minimum absolute atomic E-state index is 0.168. The van der Waals surface area contributed by atoms with E-state index < -0.39 is 0 Å². The van der Waals surface area contributed by atoms with Gasteiger partial charge in [0.1, 0.15) is 5.82 Å². The predicted octanol–water partition coefficient (Wildman–Crippen LogP) is 6.65. The third-order valence-corrected chi connectivity index (χ3v) is 6.32. The summed E-state index contributed by atoms with van der Waals surface area (Å²) in [6, 6.07) is 14.6. The lowest BCUT2D eigenvalue weighted by molar-refractivity contribution is 0.159. The Morgan fingerprint density at radius 1 is 1.10 bits per heavy atom. The van der Waals surface area contributed by atoms with Crippen LogP contribution in [0.4, 0.5) is 4.39 Å². The van der Waals surface area contributed by atoms with Crippen molar-refractivity contribution in [2.24, 2.45) is 11.8 Å². The third kappa shape index (κ3) is 5.41. The van der Waals surface area contributed by atoms with Gasteiger partial charge in [-0.15, -0.1) is 0 Å². The first-order valence-electron chi connectivity index (χ1n) is 10.7. The van der Waals surface area contributed by atoms with Crippen LogP contribution < -0.4 is 0 Å². The van der Waals surface area contributed by atoms with Crippen LogP contribution >= 0.6 is 11.6 Å². The van der Waals surface area contributed by atoms with E-state index in [1.807, 2.05) is 36.4 Å². The highest BCUT2D eigenvalue weighted by atomic mass is 35.5. The van der Waals surface area contributed by atoms with Gasteiger partial charge in [-0.1, -0.05) is 35.0 Å². The van der Waals surface area contributed by atoms with Crippen LogP contribution in [0.1, 0.15) is 43.2 Å². The highest BCUT2D eigenvalue weighted by Gasteiger charge is 2.29. The summed E-state index contributed by atoms with van der Waals surface area (Å²) in [5.74, 6) is 1.90. The average molecular weight is 440 g/mol. The number of benzene rings is 2. The quantitative estimate of drug-likeness (QED) is 0.431. The number of hydrogen-bond acceptors (Lipinski definition) is 4. The number of allylic oxidation sites excluding steroid dienone is 1. The molecule has 162 valence electrons. The van der Waals surface area contributed by atoms with E-state index in [9.17, 15) is 4.39 Å². The van der Waals surface area contributed by atoms with E-state index in [4.69, 9.17) is 16.1 Å². The Balaban J connectivity index is 1.36. The summed E-state index contributed by atoms with van der Waals surface area (Å²) in [5.41, 5.74) is 1.94. The van der Waals surface area contributed by atoms with Crippen molar-refractivity contribution in [1.82, 2.24) is 15.0 Å². The van der Waals surface area contributed by atoms with E-state index in [-0.39, 0.29) is 11.9 Å². The van der Waals surface area contributed by atoms with E-state index >= 15 is 0 Å². The number of aromatic nitrogens is 2. The van der Waals surface area contributed by atoms with Crippen molar-refractivity contribution < 1.29 is 8.91 Å². The molecule has 31 heavy (non-hydrogen) atoms. The molecular formula is C25H27ClFN3O. The van der Waals surface area contributed by atoms with Gasteiger partial charge in [-0.05, 0) is 99.7 Å². The Hall–Kier alpha value is -2.50. The molecule has 3 aromatic rings. The molecule has 0 bridgehead atoms. The summed E-state index contributed by atoms with van der Waals surface area (Å²) in [4.78, 5) is 6.67. The smallest absolute Gasteiger partial charge is 0.250 e. The van der Waals surface area contributed by atoms with Crippen molar-refractivity contribution in [3.63, 3.8) is 0 Å². The van der Waals surface area contributed by atoms with Crippen molar-refractivity contribution in [3.8, 4) is 11.4 Å². The van der Waals surface area contributed by atoms with Gasteiger partial charge in [0.15, 0.2) is 0 Å². The van der Waals surface area contributed by atoms with Gasteiger partial charge < -0.3 is 9.42 Å². The standard InChI is InChI=1S/C25H27ClFN3O/c1-30(2)24(20-4-3-5-22(27)16-20)18-9-6-17(7-10-18)8-15-23-28-25(29-31-23)19-11-13-21(26)14-12-19/h3-5,8,11-18,24H,6-7,9-10H2,1-2H3/b15-8+. The summed E-state index contributed by atoms with van der Waals surface area (Å²) < 4.78 is 19.1. The van der Waals surface area contributed by atoms with Crippen LogP contribution in [-0.4, -0.2) is 29.1 Å². The molecule has 4 rings (SSSR count). The van der Waals surface area contributed by atoms with E-state index in [0.717, 1.165) is 36.8 Å². The molecule has 1 aliphatic carbocycles. The van der Waals surface area contributed by atoms with Crippen LogP contribution in [0.15, 0.2) is 59.1 Å². The molecule has 4 nitrogen and oxygen atoms in total. The molecule has 0 spiro atoms. The second-order valence-corrected chi connectivity index (χ2v) is 8.90. The van der Waals surface area contributed by atoms with Gasteiger partial charge >= 0.3 is 0 Å². The summed E-state index contributed by atoms with van der Waals surface area (Å²) >= 11 is 5.93. The van der Waals surface area contributed by atoms with Gasteiger partial charge in [0.05, 0.1) is 0 Å². The minimum Gasteiger partial charge on any atom is -0.334 e. The highest BCUT2D eigenvalue weighted by molar-refractivity contribution is 6.30. The molecule has 6 heteroatoms. The van der Waals surface area contributed by atoms with Crippen molar-refractivity contribution in [2.75, 3.05) is 14.1 Å². The Labute approximate surface area is 187 Å². The maximum atomic E-state index is 13.8. The zero-order chi connectivity index (χ0) is 21.8. The van der Waals surface area contributed by atoms with Crippen LogP contribution in [0.25, 0.3) is 17.5 Å². The Morgan fingerprint density at radius 2 is 1.84 bits per heavy atom. The largest absolute Gasteiger partial charge is 0.334 e. The molecule has 0 radical (unpaired) electrons. The Kier molecular flexibility index (Phi) is 6.83. The van der Waals surface area contributed by atoms with Gasteiger partial charge in [0.25, 0.3) is 5.89 Å². The normalized spacial score (nSPS) is 20.4. The monoisotopic (exact) mass is 439 g/mol. The van der Waals surface area contributed by atoms with Crippen LogP contribution in [-0.2, 0) is 0 Å². The van der Waals surface area contributed by atoms with Gasteiger partial charge in [-0.25, -0.2) is 4.39 Å². The Morgan fingerprint density at radius 3 is 2.52 bits per heavy atom. The molecule has 1 heterocycles. The molecule has 0 amide bonds. The lowest BCUT2D eigenvalue weighted by Crippen LogP contribution is -2.30. The highest BCUT2D eigenvalue weighted by Crippen LogP contribution is 2.40. The van der Waals surface area contributed by atoms with Crippen LogP contribution in [0.2, 0.25) is 5.02 Å². The maximum absolute atomic E-state index is 13.8. The second kappa shape index (κ2) is 9.75. The topological polar surface area (TPSA) is 42.2 Å². The second-order valence-electron chi connectivity index (χ2n) is 8.46. The van der Waals surface area contributed by atoms with Crippen LogP contribution in [0, 0.1) is 17.7 Å². The third-order valence-electron chi connectivity index (χ3n) is 6.06. The van der Waals surface area contributed by atoms with E-state index in [0.29, 0.717) is 28.6 Å². The van der Waals surface area contributed by atoms with Crippen molar-refractivity contribution in [3.05, 3.63) is 76.9 Å². The van der Waals surface area contributed by atoms with Gasteiger partial charge in [-0.3, -0.25) is 0 Å². The van der Waals surface area contributed by atoms with Gasteiger partial charge in [-0.2, -0.15) is 4.98 Å². The van der Waals surface area contributed by atoms with Crippen LogP contribution in [0.5, 0.6) is 0 Å². The molecule has 1 aliphatic rings. The maximum Gasteiger partial charge on any atom is 0.250 e. The van der Waals surface area contributed by atoms with Crippen molar-refractivity contribution in [2.45, 2.75) is 31.7 Å². The lowest BCUT2D eigenvalue weighted by atomic mass is 9.76. The molecule has 0 saturated heterocycles. The summed E-state index contributed by atoms with van der Waals surface area (Å²) in [6.45, 7) is 0. The van der Waals surface area contributed by atoms with E-state index in [1.54, 1.807) is 12.1 Å². The molecule has 0 aliphatic heterocycles. The molecule has 1 unspecified atom stereocenters. The number of rotatable bonds is 6. The minimum atomic E-state index is -0.168. The fourth-order valence-corrected chi connectivity index (χ4v) is 4.70. The molecule has 1 atom stereocenters. The molecule has 1 aromatic heterocycles. The van der Waals surface area contributed by atoms with Crippen molar-refractivity contribution in [1.29, 1.82) is 0 Å². The lowest BCUT2D eigenvalue weighted by Gasteiger charge is -2.37. The van der Waals surface area contributed by atoms with Crippen molar-refractivity contribution >= 4 is 17.7 Å². The fourth-order valence-electron chi connectivity index (χ4n) is 4.57. The van der Waals surface area contributed by atoms with E-state index in [2.05, 4.69) is 35.2 Å². The summed E-state index contributed by atoms with van der Waals surface area (Å²) in [6.07, 6.45) is 8.51. The Bertz CT molecular complexity index is 1020. The molecule has 1 fully saturated rings. The summed E-state index contributed by atoms with van der Waals surface area (Å²) in [7, 11) is 4.16. The average Bonchev–Trinajstić information content (AvgIpc) is 3.23. The van der Waals surface area contributed by atoms with Gasteiger partial charge in [0.2, 0.25) is 5.82 Å². The first-order chi connectivity index (χ1) is 15.0. The number of nitrogens with zero attached hydrogens (tertiary/aromatic N) is 3. The number of halogens is 2. The summed E-state index contributed by atoms with van der Waals surface area (Å²) in [5, 5.41) is 4.74.